The van der Waals surface area contributed by atoms with Crippen molar-refractivity contribution in [3.8, 4) is 0 Å². The van der Waals surface area contributed by atoms with Gasteiger partial charge in [-0.05, 0) is 40.0 Å². The monoisotopic (exact) mass is 381 g/mol. The fourth-order valence-electron chi connectivity index (χ4n) is 3.62. The highest BCUT2D eigenvalue weighted by Gasteiger charge is 2.36. The van der Waals surface area contributed by atoms with Crippen molar-refractivity contribution in [3.05, 3.63) is 31.5 Å². The Morgan fingerprint density at radius 1 is 0.593 bits per heavy atom. The molecule has 0 aromatic carbocycles. The Morgan fingerprint density at radius 2 is 0.815 bits per heavy atom. The maximum Gasteiger partial charge on any atom is 0.336 e. The third kappa shape index (κ3) is 3.95. The lowest BCUT2D eigenvalue weighted by Crippen LogP contribution is -2.54. The lowest BCUT2D eigenvalue weighted by molar-refractivity contribution is 0.337. The summed E-state index contributed by atoms with van der Waals surface area (Å²) in [5.41, 5.74) is -1.63. The standard InChI is InChI=1S/C18H27N3O6/c1-10-13(25-10)4-7-19-16(22)20(8-5-14-11(2)26-14)18(24)21(17(19)23)9-6-15-12(3)27-15/h10-15H,4-9H2,1-3H3. The van der Waals surface area contributed by atoms with E-state index in [1.54, 1.807) is 0 Å². The molecule has 27 heavy (non-hydrogen) atoms. The van der Waals surface area contributed by atoms with Gasteiger partial charge in [-0.3, -0.25) is 0 Å². The molecular weight excluding hydrogens is 354 g/mol. The van der Waals surface area contributed by atoms with Crippen LogP contribution < -0.4 is 17.1 Å². The molecule has 0 spiro atoms. The summed E-state index contributed by atoms with van der Waals surface area (Å²) in [6.45, 7) is 6.62. The van der Waals surface area contributed by atoms with Gasteiger partial charge in [0.05, 0.1) is 36.6 Å². The van der Waals surface area contributed by atoms with E-state index < -0.39 is 17.1 Å². The van der Waals surface area contributed by atoms with Crippen molar-refractivity contribution in [1.82, 2.24) is 13.7 Å². The van der Waals surface area contributed by atoms with Gasteiger partial charge in [-0.15, -0.1) is 0 Å². The number of rotatable bonds is 9. The third-order valence-corrected chi connectivity index (χ3v) is 5.81. The van der Waals surface area contributed by atoms with Crippen LogP contribution >= 0.6 is 0 Å². The molecule has 3 aliphatic rings. The molecular formula is C18H27N3O6. The normalized spacial score (nSPS) is 33.9. The quantitative estimate of drug-likeness (QED) is 0.544. The molecule has 1 aromatic heterocycles. The Labute approximate surface area is 156 Å². The number of nitrogens with zero attached hydrogens (tertiary/aromatic N) is 3. The van der Waals surface area contributed by atoms with Gasteiger partial charge in [-0.2, -0.15) is 0 Å². The molecule has 0 bridgehead atoms. The van der Waals surface area contributed by atoms with Crippen LogP contribution in [0.2, 0.25) is 0 Å². The first-order chi connectivity index (χ1) is 12.9. The van der Waals surface area contributed by atoms with E-state index in [0.717, 1.165) is 0 Å². The minimum absolute atomic E-state index is 0.0755. The summed E-state index contributed by atoms with van der Waals surface area (Å²) in [7, 11) is 0. The van der Waals surface area contributed by atoms with Crippen LogP contribution in [0.3, 0.4) is 0 Å². The van der Waals surface area contributed by atoms with Crippen LogP contribution in [0.4, 0.5) is 0 Å². The third-order valence-electron chi connectivity index (χ3n) is 5.81. The van der Waals surface area contributed by atoms with Crippen molar-refractivity contribution in [2.45, 2.75) is 96.3 Å². The number of hydrogen-bond acceptors (Lipinski definition) is 6. The predicted octanol–water partition coefficient (Wildman–Crippen LogP) is -0.296. The fourth-order valence-corrected chi connectivity index (χ4v) is 3.62. The summed E-state index contributed by atoms with van der Waals surface area (Å²) in [4.78, 5) is 38.4. The zero-order chi connectivity index (χ0) is 19.3. The second-order valence-electron chi connectivity index (χ2n) is 7.81. The molecule has 1 aromatic rings. The molecule has 0 aliphatic carbocycles. The Bertz CT molecular complexity index is 742. The topological polar surface area (TPSA) is 104 Å². The van der Waals surface area contributed by atoms with Crippen LogP contribution in [-0.2, 0) is 33.8 Å². The molecule has 4 heterocycles. The highest BCUT2D eigenvalue weighted by Crippen LogP contribution is 2.25. The zero-order valence-corrected chi connectivity index (χ0v) is 16.0. The van der Waals surface area contributed by atoms with Crippen molar-refractivity contribution in [2.75, 3.05) is 0 Å². The first-order valence-electron chi connectivity index (χ1n) is 9.77. The number of ether oxygens (including phenoxy) is 3. The number of aromatic nitrogens is 3. The summed E-state index contributed by atoms with van der Waals surface area (Å²) in [6, 6.07) is 0. The Morgan fingerprint density at radius 3 is 1.00 bits per heavy atom. The maximum atomic E-state index is 12.8. The molecule has 6 atom stereocenters. The summed E-state index contributed by atoms with van der Waals surface area (Å²) in [6.07, 6.45) is 2.47. The van der Waals surface area contributed by atoms with Gasteiger partial charge in [-0.1, -0.05) is 0 Å². The second kappa shape index (κ2) is 7.03. The summed E-state index contributed by atoms with van der Waals surface area (Å²) < 4.78 is 19.6. The van der Waals surface area contributed by atoms with Gasteiger partial charge < -0.3 is 14.2 Å². The predicted molar refractivity (Wildman–Crippen MR) is 96.1 cm³/mol. The van der Waals surface area contributed by atoms with Crippen LogP contribution in [0.1, 0.15) is 40.0 Å². The highest BCUT2D eigenvalue weighted by molar-refractivity contribution is 4.87. The van der Waals surface area contributed by atoms with E-state index in [9.17, 15) is 14.4 Å². The lowest BCUT2D eigenvalue weighted by Gasteiger charge is -2.13. The van der Waals surface area contributed by atoms with E-state index >= 15 is 0 Å². The minimum atomic E-state index is -0.543. The molecule has 0 saturated carbocycles. The molecule has 0 amide bonds. The van der Waals surface area contributed by atoms with E-state index in [4.69, 9.17) is 14.2 Å². The number of epoxide rings is 3. The van der Waals surface area contributed by atoms with Crippen LogP contribution in [0.15, 0.2) is 14.4 Å². The van der Waals surface area contributed by atoms with Gasteiger partial charge in [-0.25, -0.2) is 28.1 Å². The Hall–Kier alpha value is -1.71. The van der Waals surface area contributed by atoms with Gasteiger partial charge in [0.1, 0.15) is 0 Å². The smallest absolute Gasteiger partial charge is 0.336 e. The van der Waals surface area contributed by atoms with Crippen LogP contribution in [0, 0.1) is 0 Å². The van der Waals surface area contributed by atoms with Gasteiger partial charge in [0, 0.05) is 19.6 Å². The van der Waals surface area contributed by atoms with E-state index in [-0.39, 0.29) is 56.3 Å². The van der Waals surface area contributed by atoms with E-state index in [2.05, 4.69) is 0 Å². The maximum absolute atomic E-state index is 12.8. The van der Waals surface area contributed by atoms with Gasteiger partial charge in [0.15, 0.2) is 0 Å². The second-order valence-corrected chi connectivity index (χ2v) is 7.81. The number of hydrogen-bond donors (Lipinski definition) is 0. The van der Waals surface area contributed by atoms with Crippen molar-refractivity contribution >= 4 is 0 Å². The Kier molecular flexibility index (Phi) is 4.85. The molecule has 4 rings (SSSR count). The largest absolute Gasteiger partial charge is 0.370 e. The van der Waals surface area contributed by atoms with Gasteiger partial charge >= 0.3 is 17.1 Å². The van der Waals surface area contributed by atoms with Gasteiger partial charge in [0.2, 0.25) is 0 Å². The van der Waals surface area contributed by atoms with E-state index in [0.29, 0.717) is 19.3 Å². The van der Waals surface area contributed by atoms with Crippen molar-refractivity contribution in [3.63, 3.8) is 0 Å². The Balaban J connectivity index is 1.59. The average Bonchev–Trinajstić information content (AvgIpc) is 3.55. The lowest BCUT2D eigenvalue weighted by atomic mass is 10.2. The van der Waals surface area contributed by atoms with E-state index in [1.165, 1.54) is 13.7 Å². The van der Waals surface area contributed by atoms with Crippen LogP contribution in [-0.4, -0.2) is 50.3 Å². The fraction of sp³-hybridized carbons (Fsp3) is 0.833. The summed E-state index contributed by atoms with van der Waals surface area (Å²) >= 11 is 0. The SMILES string of the molecule is CC1OC1CCn1c(=O)n(CCC2OC2C)c(=O)n(CCC2OC2C)c1=O. The highest BCUT2D eigenvalue weighted by atomic mass is 16.6. The molecule has 3 saturated heterocycles. The molecule has 9 nitrogen and oxygen atoms in total. The van der Waals surface area contributed by atoms with Crippen LogP contribution in [0.25, 0.3) is 0 Å². The molecule has 0 N–H and O–H groups in total. The molecule has 3 fully saturated rings. The molecule has 3 aliphatic heterocycles. The van der Waals surface area contributed by atoms with Gasteiger partial charge in [0.25, 0.3) is 0 Å². The van der Waals surface area contributed by atoms with Crippen molar-refractivity contribution < 1.29 is 14.2 Å². The average molecular weight is 381 g/mol. The first-order valence-corrected chi connectivity index (χ1v) is 9.77. The van der Waals surface area contributed by atoms with Crippen LogP contribution in [0.5, 0.6) is 0 Å². The first kappa shape index (κ1) is 18.6. The molecule has 0 radical (unpaired) electrons. The van der Waals surface area contributed by atoms with Crippen molar-refractivity contribution in [2.24, 2.45) is 0 Å². The van der Waals surface area contributed by atoms with E-state index in [1.807, 2.05) is 20.8 Å². The minimum Gasteiger partial charge on any atom is -0.370 e. The molecule has 6 unspecified atom stereocenters. The summed E-state index contributed by atoms with van der Waals surface area (Å²) in [5, 5.41) is 0. The molecule has 150 valence electrons. The molecule has 9 heteroatoms. The van der Waals surface area contributed by atoms with Crippen molar-refractivity contribution in [1.29, 1.82) is 0 Å². The zero-order valence-electron chi connectivity index (χ0n) is 16.0. The summed E-state index contributed by atoms with van der Waals surface area (Å²) in [5.74, 6) is 0.